The van der Waals surface area contributed by atoms with E-state index in [1.807, 2.05) is 0 Å². The van der Waals surface area contributed by atoms with Gasteiger partial charge in [0, 0.05) is 18.6 Å². The molecule has 1 aromatic heterocycles. The predicted molar refractivity (Wildman–Crippen MR) is 92.1 cm³/mol. The van der Waals surface area contributed by atoms with Crippen LogP contribution in [0.15, 0.2) is 42.5 Å². The van der Waals surface area contributed by atoms with Crippen molar-refractivity contribution in [2.45, 2.75) is 12.8 Å². The Bertz CT molecular complexity index is 1010. The molecule has 0 atom stereocenters. The summed E-state index contributed by atoms with van der Waals surface area (Å²) in [4.78, 5) is 40.2. The quantitative estimate of drug-likeness (QED) is 0.289. The van der Waals surface area contributed by atoms with Crippen LogP contribution in [0, 0.1) is 10.1 Å². The van der Waals surface area contributed by atoms with Gasteiger partial charge in [0.2, 0.25) is 0 Å². The van der Waals surface area contributed by atoms with Gasteiger partial charge in [0.25, 0.3) is 5.69 Å². The van der Waals surface area contributed by atoms with Crippen LogP contribution in [0.5, 0.6) is 0 Å². The standard InChI is InChI=1S/C18H15N3O6/c22-17(23)12-5-8-14-15(10-12)20-16(19-14)2-1-9-27-18(24)11-3-6-13(7-4-11)21(25)26/h3-8,10H,1-2,9H2,(H,19,20)(H,22,23)/p-1. The highest BCUT2D eigenvalue weighted by molar-refractivity contribution is 5.91. The van der Waals surface area contributed by atoms with E-state index in [2.05, 4.69) is 9.97 Å². The van der Waals surface area contributed by atoms with Gasteiger partial charge in [-0.15, -0.1) is 0 Å². The average molecular weight is 368 g/mol. The maximum Gasteiger partial charge on any atom is 0.338 e. The number of aryl methyl sites for hydroxylation is 1. The van der Waals surface area contributed by atoms with Crippen molar-refractivity contribution in [3.8, 4) is 0 Å². The van der Waals surface area contributed by atoms with Crippen molar-refractivity contribution in [3.05, 3.63) is 69.5 Å². The van der Waals surface area contributed by atoms with Crippen LogP contribution in [-0.4, -0.2) is 33.4 Å². The number of carbonyl (C=O) groups excluding carboxylic acids is 2. The van der Waals surface area contributed by atoms with Crippen LogP contribution in [0.1, 0.15) is 33.0 Å². The monoisotopic (exact) mass is 368 g/mol. The van der Waals surface area contributed by atoms with Crippen molar-refractivity contribution < 1.29 is 24.4 Å². The van der Waals surface area contributed by atoms with Crippen LogP contribution in [0.3, 0.4) is 0 Å². The fourth-order valence-corrected chi connectivity index (χ4v) is 2.51. The van der Waals surface area contributed by atoms with Crippen molar-refractivity contribution >= 4 is 28.7 Å². The molecule has 0 unspecified atom stereocenters. The Balaban J connectivity index is 1.52. The number of nitrogens with zero attached hydrogens (tertiary/aromatic N) is 2. The third kappa shape index (κ3) is 4.27. The van der Waals surface area contributed by atoms with Crippen LogP contribution in [0.25, 0.3) is 11.0 Å². The zero-order chi connectivity index (χ0) is 19.4. The Kier molecular flexibility index (Phi) is 5.11. The van der Waals surface area contributed by atoms with E-state index >= 15 is 0 Å². The number of ether oxygens (including phenoxy) is 1. The van der Waals surface area contributed by atoms with Crippen molar-refractivity contribution in [1.29, 1.82) is 0 Å². The molecule has 2 aromatic carbocycles. The van der Waals surface area contributed by atoms with Gasteiger partial charge in [0.15, 0.2) is 0 Å². The number of carbonyl (C=O) groups is 2. The number of nitro groups is 1. The van der Waals surface area contributed by atoms with Crippen LogP contribution in [0.2, 0.25) is 0 Å². The number of carboxylic acids is 1. The van der Waals surface area contributed by atoms with Gasteiger partial charge in [-0.2, -0.15) is 0 Å². The smallest absolute Gasteiger partial charge is 0.338 e. The molecule has 0 fully saturated rings. The number of aromatic carboxylic acids is 1. The molecule has 0 aliphatic carbocycles. The number of rotatable bonds is 7. The fraction of sp³-hybridized carbons (Fsp3) is 0.167. The summed E-state index contributed by atoms with van der Waals surface area (Å²) in [6.45, 7) is 0.150. The molecule has 3 rings (SSSR count). The molecule has 0 saturated heterocycles. The van der Waals surface area contributed by atoms with Crippen molar-refractivity contribution in [2.24, 2.45) is 0 Å². The van der Waals surface area contributed by atoms with Crippen LogP contribution in [0.4, 0.5) is 5.69 Å². The first-order valence-corrected chi connectivity index (χ1v) is 8.05. The fourth-order valence-electron chi connectivity index (χ4n) is 2.51. The zero-order valence-corrected chi connectivity index (χ0v) is 14.0. The molecule has 27 heavy (non-hydrogen) atoms. The number of aromatic nitrogens is 2. The van der Waals surface area contributed by atoms with Gasteiger partial charge in [-0.1, -0.05) is 6.07 Å². The maximum atomic E-state index is 11.9. The topological polar surface area (TPSA) is 138 Å². The number of nitrogens with one attached hydrogen (secondary N) is 1. The number of carboxylic acid groups (broad SMARTS) is 1. The minimum atomic E-state index is -1.26. The number of benzene rings is 2. The molecule has 3 aromatic rings. The summed E-state index contributed by atoms with van der Waals surface area (Å²) in [7, 11) is 0. The lowest BCUT2D eigenvalue weighted by Crippen LogP contribution is -2.21. The number of non-ortho nitro benzene ring substituents is 1. The predicted octanol–water partition coefficient (Wildman–Crippen LogP) is 1.62. The second-order valence-electron chi connectivity index (χ2n) is 5.75. The summed E-state index contributed by atoms with van der Waals surface area (Å²) in [5, 5.41) is 21.5. The summed E-state index contributed by atoms with van der Waals surface area (Å²) >= 11 is 0. The molecule has 0 spiro atoms. The van der Waals surface area contributed by atoms with Gasteiger partial charge in [0.1, 0.15) is 5.82 Å². The first-order chi connectivity index (χ1) is 12.9. The Morgan fingerprint density at radius 3 is 2.48 bits per heavy atom. The molecular weight excluding hydrogens is 354 g/mol. The first-order valence-electron chi connectivity index (χ1n) is 8.05. The number of nitro benzene ring substituents is 1. The van der Waals surface area contributed by atoms with E-state index in [0.717, 1.165) is 0 Å². The lowest BCUT2D eigenvalue weighted by Gasteiger charge is -2.04. The molecule has 0 saturated carbocycles. The summed E-state index contributed by atoms with van der Waals surface area (Å²) in [5.41, 5.74) is 1.43. The van der Waals surface area contributed by atoms with Gasteiger partial charge in [0.05, 0.1) is 34.1 Å². The number of esters is 1. The molecule has 1 heterocycles. The van der Waals surface area contributed by atoms with Crippen molar-refractivity contribution in [2.75, 3.05) is 6.61 Å². The van der Waals surface area contributed by atoms with E-state index < -0.39 is 16.9 Å². The van der Waals surface area contributed by atoms with E-state index in [0.29, 0.717) is 29.7 Å². The molecule has 0 bridgehead atoms. The van der Waals surface area contributed by atoms with Crippen molar-refractivity contribution in [3.63, 3.8) is 0 Å². The minimum absolute atomic E-state index is 0.0646. The van der Waals surface area contributed by atoms with E-state index in [-0.39, 0.29) is 23.4 Å². The van der Waals surface area contributed by atoms with E-state index in [9.17, 15) is 24.8 Å². The van der Waals surface area contributed by atoms with E-state index in [4.69, 9.17) is 4.74 Å². The van der Waals surface area contributed by atoms with Crippen LogP contribution in [-0.2, 0) is 11.2 Å². The van der Waals surface area contributed by atoms with Crippen molar-refractivity contribution in [1.82, 2.24) is 9.97 Å². The highest BCUT2D eigenvalue weighted by Gasteiger charge is 2.11. The number of H-pyrrole nitrogens is 1. The Labute approximate surface area is 152 Å². The van der Waals surface area contributed by atoms with Gasteiger partial charge >= 0.3 is 5.97 Å². The highest BCUT2D eigenvalue weighted by Crippen LogP contribution is 2.15. The van der Waals surface area contributed by atoms with Gasteiger partial charge in [-0.25, -0.2) is 9.78 Å². The molecule has 0 amide bonds. The average Bonchev–Trinajstić information content (AvgIpc) is 3.07. The lowest BCUT2D eigenvalue weighted by molar-refractivity contribution is -0.384. The number of hydrogen-bond donors (Lipinski definition) is 1. The highest BCUT2D eigenvalue weighted by atomic mass is 16.6. The van der Waals surface area contributed by atoms with Crippen LogP contribution >= 0.6 is 0 Å². The summed E-state index contributed by atoms with van der Waals surface area (Å²) in [6, 6.07) is 9.64. The summed E-state index contributed by atoms with van der Waals surface area (Å²) in [6.07, 6.45) is 1.01. The maximum absolute atomic E-state index is 11.9. The summed E-state index contributed by atoms with van der Waals surface area (Å²) in [5.74, 6) is -1.17. The van der Waals surface area contributed by atoms with Gasteiger partial charge < -0.3 is 19.6 Å². The second kappa shape index (κ2) is 7.65. The van der Waals surface area contributed by atoms with Gasteiger partial charge in [-0.05, 0) is 36.2 Å². The number of hydrogen-bond acceptors (Lipinski definition) is 7. The third-order valence-electron chi connectivity index (χ3n) is 3.87. The number of fused-ring (bicyclic) bond motifs is 1. The SMILES string of the molecule is O=C([O-])c1ccc2nc(CCCOC(=O)c3ccc([N+](=O)[O-])cc3)[nH]c2c1. The summed E-state index contributed by atoms with van der Waals surface area (Å²) < 4.78 is 5.14. The Morgan fingerprint density at radius 1 is 1.11 bits per heavy atom. The first kappa shape index (κ1) is 18.1. The largest absolute Gasteiger partial charge is 0.545 e. The lowest BCUT2D eigenvalue weighted by atomic mass is 10.2. The third-order valence-corrected chi connectivity index (χ3v) is 3.87. The normalized spacial score (nSPS) is 10.7. The van der Waals surface area contributed by atoms with E-state index in [1.165, 1.54) is 36.4 Å². The van der Waals surface area contributed by atoms with E-state index in [1.54, 1.807) is 6.07 Å². The molecule has 1 N–H and O–H groups in total. The molecular formula is C18H14N3O6-. The molecule has 9 heteroatoms. The molecule has 0 radical (unpaired) electrons. The van der Waals surface area contributed by atoms with Crippen LogP contribution < -0.4 is 5.11 Å². The van der Waals surface area contributed by atoms with Gasteiger partial charge in [-0.3, -0.25) is 10.1 Å². The second-order valence-corrected chi connectivity index (χ2v) is 5.75. The Morgan fingerprint density at radius 2 is 1.81 bits per heavy atom. The molecule has 138 valence electrons. The molecule has 0 aliphatic rings. The zero-order valence-electron chi connectivity index (χ0n) is 14.0. The Hall–Kier alpha value is -3.75. The molecule has 9 nitrogen and oxygen atoms in total. The molecule has 0 aliphatic heterocycles. The number of imidazole rings is 1. The minimum Gasteiger partial charge on any atom is -0.545 e. The number of aromatic amines is 1.